The molecule has 5 aliphatic carbocycles. The van der Waals surface area contributed by atoms with E-state index in [0.29, 0.717) is 30.4 Å². The first-order chi connectivity index (χ1) is 18.2. The normalized spacial score (nSPS) is 48.6. The first kappa shape index (κ1) is 27.1. The van der Waals surface area contributed by atoms with Gasteiger partial charge < -0.3 is 10.0 Å². The van der Waals surface area contributed by atoms with E-state index in [4.69, 9.17) is 6.57 Å². The molecule has 0 spiro atoms. The molecule has 39 heavy (non-hydrogen) atoms. The van der Waals surface area contributed by atoms with E-state index in [-0.39, 0.29) is 56.9 Å². The van der Waals surface area contributed by atoms with Gasteiger partial charge in [0.05, 0.1) is 6.57 Å². The monoisotopic (exact) mass is 532 g/mol. The van der Waals surface area contributed by atoms with Crippen LogP contribution in [0.4, 0.5) is 0 Å². The third-order valence-electron chi connectivity index (χ3n) is 14.1. The molecular formula is C34H48N2O3. The maximum absolute atomic E-state index is 14.6. The number of carbonyl (C=O) groups is 2. The molecule has 1 aliphatic heterocycles. The van der Waals surface area contributed by atoms with Gasteiger partial charge in [0.1, 0.15) is 5.76 Å². The van der Waals surface area contributed by atoms with Gasteiger partial charge in [0.2, 0.25) is 11.6 Å². The van der Waals surface area contributed by atoms with Crippen LogP contribution < -0.4 is 0 Å². The van der Waals surface area contributed by atoms with Gasteiger partial charge in [0.25, 0.3) is 0 Å². The van der Waals surface area contributed by atoms with Gasteiger partial charge in [-0.05, 0) is 96.4 Å². The molecule has 0 radical (unpaired) electrons. The molecule has 3 saturated carbocycles. The first-order valence-electron chi connectivity index (χ1n) is 15.5. The van der Waals surface area contributed by atoms with Crippen LogP contribution in [0, 0.1) is 63.2 Å². The highest BCUT2D eigenvalue weighted by atomic mass is 16.3. The molecular weight excluding hydrogens is 484 g/mol. The lowest BCUT2D eigenvalue weighted by atomic mass is 9.33. The average molecular weight is 533 g/mol. The number of rotatable bonds is 2. The number of β-lactam (4-membered cyclic amide) rings is 1. The molecule has 5 nitrogen and oxygen atoms in total. The Labute approximate surface area is 235 Å². The number of amides is 1. The number of aliphatic hydroxyl groups excluding tert-OH is 1. The summed E-state index contributed by atoms with van der Waals surface area (Å²) in [7, 11) is 0. The Morgan fingerprint density at radius 2 is 1.77 bits per heavy atom. The lowest BCUT2D eigenvalue weighted by Gasteiger charge is -2.70. The second-order valence-electron chi connectivity index (χ2n) is 15.8. The van der Waals surface area contributed by atoms with Crippen molar-refractivity contribution in [1.29, 1.82) is 0 Å². The number of likely N-dealkylation sites (tertiary alicyclic amines) is 1. The van der Waals surface area contributed by atoms with Crippen LogP contribution in [0.25, 0.3) is 4.85 Å². The molecule has 1 N–H and O–H groups in total. The van der Waals surface area contributed by atoms with Crippen LogP contribution in [-0.4, -0.2) is 34.8 Å². The number of nitrogens with zero attached hydrogens (tertiary/aromatic N) is 2. The summed E-state index contributed by atoms with van der Waals surface area (Å²) >= 11 is 0. The smallest absolute Gasteiger partial charge is 0.224 e. The predicted octanol–water partition coefficient (Wildman–Crippen LogP) is 7.35. The highest BCUT2D eigenvalue weighted by Crippen LogP contribution is 2.75. The van der Waals surface area contributed by atoms with Crippen LogP contribution in [0.5, 0.6) is 0 Å². The van der Waals surface area contributed by atoms with Crippen LogP contribution in [0.2, 0.25) is 0 Å². The van der Waals surface area contributed by atoms with Crippen molar-refractivity contribution in [2.75, 3.05) is 13.1 Å². The maximum Gasteiger partial charge on any atom is 0.224 e. The molecule has 1 amide bonds. The van der Waals surface area contributed by atoms with Crippen molar-refractivity contribution in [2.45, 2.75) is 99.8 Å². The van der Waals surface area contributed by atoms with E-state index in [1.807, 2.05) is 0 Å². The van der Waals surface area contributed by atoms with Crippen LogP contribution in [0.15, 0.2) is 23.1 Å². The Bertz CT molecular complexity index is 1240. The Morgan fingerprint density at radius 1 is 1.05 bits per heavy atom. The molecule has 0 aromatic heterocycles. The molecule has 9 atom stereocenters. The fourth-order valence-corrected chi connectivity index (χ4v) is 11.4. The fourth-order valence-electron chi connectivity index (χ4n) is 11.4. The third-order valence-corrected chi connectivity index (χ3v) is 14.1. The number of hydrogen-bond donors (Lipinski definition) is 1. The van der Waals surface area contributed by atoms with E-state index in [2.05, 4.69) is 64.3 Å². The Hall–Kier alpha value is -2.09. The number of allylic oxidation sites excluding steroid dienone is 4. The zero-order chi connectivity index (χ0) is 28.3. The van der Waals surface area contributed by atoms with E-state index >= 15 is 0 Å². The maximum atomic E-state index is 14.6. The van der Waals surface area contributed by atoms with Crippen molar-refractivity contribution >= 4 is 11.7 Å². The highest BCUT2D eigenvalue weighted by molar-refractivity contribution is 5.95. The molecule has 6 aliphatic rings. The summed E-state index contributed by atoms with van der Waals surface area (Å²) in [6.07, 6.45) is 9.64. The number of carbonyl (C=O) groups excluding carboxylic acids is 2. The molecule has 6 rings (SSSR count). The van der Waals surface area contributed by atoms with E-state index in [1.54, 1.807) is 0 Å². The Kier molecular flexibility index (Phi) is 5.72. The van der Waals surface area contributed by atoms with Gasteiger partial charge in [-0.1, -0.05) is 54.0 Å². The summed E-state index contributed by atoms with van der Waals surface area (Å²) in [5.74, 6) is 2.28. The van der Waals surface area contributed by atoms with E-state index < -0.39 is 5.41 Å². The molecule has 4 fully saturated rings. The number of hydrogen-bond acceptors (Lipinski definition) is 3. The molecule has 0 unspecified atom stereocenters. The number of aliphatic hydroxyl groups is 1. The lowest BCUT2D eigenvalue weighted by molar-refractivity contribution is -0.185. The molecule has 212 valence electrons. The Balaban J connectivity index is 1.48. The molecule has 0 aromatic carbocycles. The predicted molar refractivity (Wildman–Crippen MR) is 152 cm³/mol. The zero-order valence-electron chi connectivity index (χ0n) is 25.2. The summed E-state index contributed by atoms with van der Waals surface area (Å²) in [5, 5.41) is 11.1. The van der Waals surface area contributed by atoms with Crippen molar-refractivity contribution in [2.24, 2.45) is 56.7 Å². The van der Waals surface area contributed by atoms with Gasteiger partial charge in [0.15, 0.2) is 5.78 Å². The van der Waals surface area contributed by atoms with Crippen LogP contribution in [-0.2, 0) is 9.59 Å². The van der Waals surface area contributed by atoms with Crippen molar-refractivity contribution < 1.29 is 14.7 Å². The van der Waals surface area contributed by atoms with Gasteiger partial charge >= 0.3 is 0 Å². The molecule has 5 heteroatoms. The van der Waals surface area contributed by atoms with Crippen molar-refractivity contribution in [3.05, 3.63) is 34.5 Å². The fraction of sp³-hybridized carbons (Fsp3) is 0.794. The summed E-state index contributed by atoms with van der Waals surface area (Å²) < 4.78 is 0. The third kappa shape index (κ3) is 3.24. The van der Waals surface area contributed by atoms with Crippen molar-refractivity contribution in [3.8, 4) is 0 Å². The first-order valence-corrected chi connectivity index (χ1v) is 15.5. The largest absolute Gasteiger partial charge is 0.523 e. The summed E-state index contributed by atoms with van der Waals surface area (Å²) in [6, 6.07) is 0. The van der Waals surface area contributed by atoms with Crippen molar-refractivity contribution in [3.63, 3.8) is 0 Å². The Morgan fingerprint density at radius 3 is 2.38 bits per heavy atom. The minimum absolute atomic E-state index is 0.0310. The molecule has 1 saturated heterocycles. The zero-order valence-corrected chi connectivity index (χ0v) is 25.2. The minimum Gasteiger partial charge on any atom is -0.523 e. The van der Waals surface area contributed by atoms with Crippen molar-refractivity contribution in [1.82, 2.24) is 4.90 Å². The molecule has 0 bridgehead atoms. The van der Waals surface area contributed by atoms with Crippen LogP contribution >= 0.6 is 0 Å². The van der Waals surface area contributed by atoms with Gasteiger partial charge in [-0.25, -0.2) is 4.85 Å². The standard InChI is InChI=1S/C34H48N2O3/c1-20-9-13-34(19-36-16-11-26(36)38)15-14-33(7)28(27(34)21(20)2)23(37)17-25-31(5)18-22(35-8)29(39)30(3,4)24(31)10-12-32(25,33)6/h17,20-21,24,27-28,39H,9-16,18-19H2,1-7H3/t20-,21+,24+,27+,28-,31+,32-,33-,34-/m1/s1. The number of ketones is 1. The van der Waals surface area contributed by atoms with E-state index in [1.165, 1.54) is 12.0 Å². The quantitative estimate of drug-likeness (QED) is 0.299. The van der Waals surface area contributed by atoms with E-state index in [0.717, 1.165) is 45.2 Å². The summed E-state index contributed by atoms with van der Waals surface area (Å²) in [4.78, 5) is 33.0. The van der Waals surface area contributed by atoms with Gasteiger partial charge in [-0.15, -0.1) is 0 Å². The highest BCUT2D eigenvalue weighted by Gasteiger charge is 2.70. The summed E-state index contributed by atoms with van der Waals surface area (Å²) in [6.45, 7) is 25.6. The van der Waals surface area contributed by atoms with Gasteiger partial charge in [-0.3, -0.25) is 9.59 Å². The molecule has 0 aromatic rings. The van der Waals surface area contributed by atoms with E-state index in [9.17, 15) is 14.7 Å². The van der Waals surface area contributed by atoms with Gasteiger partial charge in [-0.2, -0.15) is 0 Å². The second kappa shape index (κ2) is 8.23. The minimum atomic E-state index is -0.491. The lowest BCUT2D eigenvalue weighted by Crippen LogP contribution is -2.67. The van der Waals surface area contributed by atoms with Gasteiger partial charge in [0, 0.05) is 30.8 Å². The molecule has 1 heterocycles. The van der Waals surface area contributed by atoms with Crippen LogP contribution in [0.3, 0.4) is 0 Å². The van der Waals surface area contributed by atoms with Crippen LogP contribution in [0.1, 0.15) is 99.8 Å². The SMILES string of the molecule is [C-]#[N+]C1=C(O)C(C)(C)[C@@H]2CC[C@]3(C)C(=CC(=O)[C@@H]4[C@@H]5[C@@H](C)[C@H](C)CC[C@]5(CN5CCC5=O)CC[C@]43C)[C@@]2(C)C1. The second-order valence-corrected chi connectivity index (χ2v) is 15.8. The average Bonchev–Trinajstić information content (AvgIpc) is 2.88. The number of fused-ring (bicyclic) bond motifs is 7. The summed E-state index contributed by atoms with van der Waals surface area (Å²) in [5.41, 5.74) is 0.644. The topological polar surface area (TPSA) is 62.0 Å².